The molecule has 17 heavy (non-hydrogen) atoms. The second kappa shape index (κ2) is 7.50. The molecule has 1 saturated heterocycles. The standard InChI is InChI=1S/C11H21N3O2.ClH/c1-9(15)13(3)8-11(16)14-6-4-5-10(7-14)12-2;/h10,12H,4-8H2,1-3H3;1H. The summed E-state index contributed by atoms with van der Waals surface area (Å²) in [5.74, 6) is -0.0341. The van der Waals surface area contributed by atoms with Crippen LogP contribution in [0.1, 0.15) is 19.8 Å². The molecule has 1 fully saturated rings. The number of piperidine rings is 1. The number of carbonyl (C=O) groups excluding carboxylic acids is 2. The maximum Gasteiger partial charge on any atom is 0.242 e. The summed E-state index contributed by atoms with van der Waals surface area (Å²) >= 11 is 0. The van der Waals surface area contributed by atoms with E-state index in [4.69, 9.17) is 0 Å². The van der Waals surface area contributed by atoms with E-state index in [9.17, 15) is 9.59 Å². The summed E-state index contributed by atoms with van der Waals surface area (Å²) in [5, 5.41) is 3.19. The van der Waals surface area contributed by atoms with Crippen LogP contribution in [0, 0.1) is 0 Å². The molecule has 100 valence electrons. The van der Waals surface area contributed by atoms with Gasteiger partial charge in [-0.25, -0.2) is 0 Å². The Kier molecular flexibility index (Phi) is 7.15. The van der Waals surface area contributed by atoms with Gasteiger partial charge in [-0.2, -0.15) is 0 Å². The molecule has 0 bridgehead atoms. The third-order valence-electron chi connectivity index (χ3n) is 3.09. The number of likely N-dealkylation sites (N-methyl/N-ethyl adjacent to an activating group) is 2. The summed E-state index contributed by atoms with van der Waals surface area (Å²) in [6, 6.07) is 0.389. The van der Waals surface area contributed by atoms with Gasteiger partial charge in [0.25, 0.3) is 0 Å². The van der Waals surface area contributed by atoms with E-state index in [0.717, 1.165) is 25.9 Å². The largest absolute Gasteiger partial charge is 0.340 e. The number of rotatable bonds is 3. The van der Waals surface area contributed by atoms with Crippen molar-refractivity contribution in [2.24, 2.45) is 0 Å². The molecule has 1 heterocycles. The Morgan fingerprint density at radius 2 is 2.12 bits per heavy atom. The topological polar surface area (TPSA) is 52.7 Å². The zero-order chi connectivity index (χ0) is 12.1. The Labute approximate surface area is 109 Å². The lowest BCUT2D eigenvalue weighted by atomic mass is 10.1. The average molecular weight is 264 g/mol. The minimum atomic E-state index is -0.0736. The predicted octanol–water partition coefficient (Wildman–Crippen LogP) is 0.0969. The van der Waals surface area contributed by atoms with Crippen molar-refractivity contribution < 1.29 is 9.59 Å². The SMILES string of the molecule is CNC1CCCN(C(=O)CN(C)C(C)=O)C1.Cl. The van der Waals surface area contributed by atoms with Gasteiger partial charge in [-0.05, 0) is 19.9 Å². The summed E-state index contributed by atoms with van der Waals surface area (Å²) in [7, 11) is 3.57. The summed E-state index contributed by atoms with van der Waals surface area (Å²) in [4.78, 5) is 26.2. The smallest absolute Gasteiger partial charge is 0.242 e. The van der Waals surface area contributed by atoms with Crippen LogP contribution in [0.3, 0.4) is 0 Å². The molecule has 1 aliphatic rings. The maximum atomic E-state index is 11.9. The number of nitrogens with zero attached hydrogens (tertiary/aromatic N) is 2. The maximum absolute atomic E-state index is 11.9. The van der Waals surface area contributed by atoms with E-state index in [2.05, 4.69) is 5.32 Å². The number of hydrogen-bond donors (Lipinski definition) is 1. The highest BCUT2D eigenvalue weighted by molar-refractivity contribution is 5.85. The highest BCUT2D eigenvalue weighted by Gasteiger charge is 2.23. The van der Waals surface area contributed by atoms with Crippen LogP contribution in [0.4, 0.5) is 0 Å². The predicted molar refractivity (Wildman–Crippen MR) is 69.2 cm³/mol. The van der Waals surface area contributed by atoms with Crippen LogP contribution in [0.5, 0.6) is 0 Å². The van der Waals surface area contributed by atoms with Crippen molar-refractivity contribution in [2.75, 3.05) is 33.7 Å². The summed E-state index contributed by atoms with van der Waals surface area (Å²) in [6.45, 7) is 3.22. The first-order valence-corrected chi connectivity index (χ1v) is 5.71. The van der Waals surface area contributed by atoms with Crippen LogP contribution in [-0.4, -0.2) is 61.4 Å². The van der Waals surface area contributed by atoms with Crippen LogP contribution in [0.2, 0.25) is 0 Å². The van der Waals surface area contributed by atoms with Crippen molar-refractivity contribution in [1.82, 2.24) is 15.1 Å². The Bertz CT molecular complexity index is 273. The molecular weight excluding hydrogens is 242 g/mol. The highest BCUT2D eigenvalue weighted by atomic mass is 35.5. The van der Waals surface area contributed by atoms with Gasteiger partial charge in [0.2, 0.25) is 11.8 Å². The number of carbonyl (C=O) groups is 2. The van der Waals surface area contributed by atoms with Crippen molar-refractivity contribution >= 4 is 24.2 Å². The second-order valence-electron chi connectivity index (χ2n) is 4.34. The third kappa shape index (κ3) is 4.91. The van der Waals surface area contributed by atoms with E-state index in [1.165, 1.54) is 11.8 Å². The Morgan fingerprint density at radius 3 is 2.65 bits per heavy atom. The number of hydrogen-bond acceptors (Lipinski definition) is 3. The molecule has 1 atom stereocenters. The van der Waals surface area contributed by atoms with E-state index in [-0.39, 0.29) is 30.8 Å². The molecule has 1 aliphatic heterocycles. The quantitative estimate of drug-likeness (QED) is 0.786. The fourth-order valence-corrected chi connectivity index (χ4v) is 1.85. The fraction of sp³-hybridized carbons (Fsp3) is 0.818. The number of halogens is 1. The molecule has 0 spiro atoms. The lowest BCUT2D eigenvalue weighted by Crippen LogP contribution is -2.49. The Balaban J connectivity index is 0.00000256. The zero-order valence-corrected chi connectivity index (χ0v) is 11.5. The summed E-state index contributed by atoms with van der Waals surface area (Å²) in [5.41, 5.74) is 0. The van der Waals surface area contributed by atoms with Crippen molar-refractivity contribution in [2.45, 2.75) is 25.8 Å². The van der Waals surface area contributed by atoms with Gasteiger partial charge in [0.05, 0.1) is 6.54 Å². The van der Waals surface area contributed by atoms with Gasteiger partial charge < -0.3 is 15.1 Å². The van der Waals surface area contributed by atoms with Crippen LogP contribution in [0.15, 0.2) is 0 Å². The van der Waals surface area contributed by atoms with E-state index < -0.39 is 0 Å². The fourth-order valence-electron chi connectivity index (χ4n) is 1.85. The van der Waals surface area contributed by atoms with Gasteiger partial charge in [-0.1, -0.05) is 0 Å². The normalized spacial score (nSPS) is 19.5. The van der Waals surface area contributed by atoms with Gasteiger partial charge in [0, 0.05) is 33.1 Å². The molecule has 0 aliphatic carbocycles. The van der Waals surface area contributed by atoms with Gasteiger partial charge >= 0.3 is 0 Å². The highest BCUT2D eigenvalue weighted by Crippen LogP contribution is 2.10. The van der Waals surface area contributed by atoms with Crippen LogP contribution in [-0.2, 0) is 9.59 Å². The lowest BCUT2D eigenvalue weighted by molar-refractivity contribution is -0.139. The van der Waals surface area contributed by atoms with Crippen molar-refractivity contribution in [3.05, 3.63) is 0 Å². The molecule has 0 aromatic carbocycles. The molecule has 0 aromatic heterocycles. The number of likely N-dealkylation sites (tertiary alicyclic amines) is 1. The van der Waals surface area contributed by atoms with Gasteiger partial charge in [0.1, 0.15) is 0 Å². The third-order valence-corrected chi connectivity index (χ3v) is 3.09. The molecule has 0 saturated carbocycles. The van der Waals surface area contributed by atoms with Crippen molar-refractivity contribution in [1.29, 1.82) is 0 Å². The Morgan fingerprint density at radius 1 is 1.47 bits per heavy atom. The number of amides is 2. The lowest BCUT2D eigenvalue weighted by Gasteiger charge is -2.33. The van der Waals surface area contributed by atoms with Crippen LogP contribution >= 0.6 is 12.4 Å². The van der Waals surface area contributed by atoms with Crippen LogP contribution in [0.25, 0.3) is 0 Å². The van der Waals surface area contributed by atoms with E-state index in [0.29, 0.717) is 6.04 Å². The van der Waals surface area contributed by atoms with Gasteiger partial charge in [0.15, 0.2) is 0 Å². The zero-order valence-electron chi connectivity index (χ0n) is 10.7. The van der Waals surface area contributed by atoms with Crippen molar-refractivity contribution in [3.8, 4) is 0 Å². The molecule has 2 amide bonds. The number of nitrogens with one attached hydrogen (secondary N) is 1. The minimum absolute atomic E-state index is 0. The molecule has 1 N–H and O–H groups in total. The van der Waals surface area contributed by atoms with E-state index in [1.807, 2.05) is 11.9 Å². The Hall–Kier alpha value is -0.810. The molecular formula is C11H22ClN3O2. The molecule has 1 rings (SSSR count). The van der Waals surface area contributed by atoms with Crippen molar-refractivity contribution in [3.63, 3.8) is 0 Å². The van der Waals surface area contributed by atoms with Gasteiger partial charge in [-0.15, -0.1) is 12.4 Å². The molecule has 0 radical (unpaired) electrons. The first-order chi connectivity index (χ1) is 7.54. The molecule has 0 aromatic rings. The molecule has 5 nitrogen and oxygen atoms in total. The monoisotopic (exact) mass is 263 g/mol. The van der Waals surface area contributed by atoms with Crippen LogP contribution < -0.4 is 5.32 Å². The van der Waals surface area contributed by atoms with E-state index in [1.54, 1.807) is 7.05 Å². The first-order valence-electron chi connectivity index (χ1n) is 5.71. The van der Waals surface area contributed by atoms with Gasteiger partial charge in [-0.3, -0.25) is 9.59 Å². The summed E-state index contributed by atoms with van der Waals surface area (Å²) < 4.78 is 0. The summed E-state index contributed by atoms with van der Waals surface area (Å²) in [6.07, 6.45) is 2.14. The minimum Gasteiger partial charge on any atom is -0.340 e. The van der Waals surface area contributed by atoms with E-state index >= 15 is 0 Å². The molecule has 1 unspecified atom stereocenters. The average Bonchev–Trinajstić information content (AvgIpc) is 2.28. The first kappa shape index (κ1) is 16.2. The molecule has 6 heteroatoms. The second-order valence-corrected chi connectivity index (χ2v) is 4.34.